The molecule has 0 bridgehead atoms. The highest BCUT2D eigenvalue weighted by Gasteiger charge is 2.44. The van der Waals surface area contributed by atoms with Crippen molar-refractivity contribution in [2.75, 3.05) is 0 Å². The van der Waals surface area contributed by atoms with E-state index in [9.17, 15) is 0 Å². The van der Waals surface area contributed by atoms with Crippen molar-refractivity contribution >= 4 is 0 Å². The van der Waals surface area contributed by atoms with E-state index < -0.39 is 0 Å². The summed E-state index contributed by atoms with van der Waals surface area (Å²) >= 11 is 0. The first kappa shape index (κ1) is 7.66. The first-order valence-corrected chi connectivity index (χ1v) is 5.54. The average Bonchev–Trinajstić information content (AvgIpc) is 2.77. The zero-order valence-electron chi connectivity index (χ0n) is 8.02. The Labute approximate surface area is 79.8 Å². The van der Waals surface area contributed by atoms with Crippen LogP contribution in [0.25, 0.3) is 0 Å². The number of nitrogens with zero attached hydrogens (tertiary/aromatic N) is 1. The lowest BCUT2D eigenvalue weighted by Gasteiger charge is -2.21. The molecule has 0 radical (unpaired) electrons. The standard InChI is InChI=1S/C12H17N/c1-2-7-13(6-1)9-11-5-3-4-10-8-12(10)11/h1-2,6-7,10-12H,3-5,8-9H2. The van der Waals surface area contributed by atoms with E-state index in [4.69, 9.17) is 0 Å². The van der Waals surface area contributed by atoms with Crippen LogP contribution < -0.4 is 0 Å². The second-order valence-electron chi connectivity index (χ2n) is 4.73. The number of rotatable bonds is 2. The molecule has 2 saturated carbocycles. The van der Waals surface area contributed by atoms with Gasteiger partial charge in [0, 0.05) is 18.9 Å². The number of hydrogen-bond acceptors (Lipinski definition) is 0. The molecule has 0 amide bonds. The molecule has 0 aliphatic heterocycles. The first-order chi connectivity index (χ1) is 6.43. The summed E-state index contributed by atoms with van der Waals surface area (Å²) in [6.45, 7) is 1.27. The minimum Gasteiger partial charge on any atom is -0.354 e. The molecule has 0 N–H and O–H groups in total. The van der Waals surface area contributed by atoms with Gasteiger partial charge in [-0.1, -0.05) is 12.8 Å². The van der Waals surface area contributed by atoms with Crippen LogP contribution in [0.15, 0.2) is 24.5 Å². The second kappa shape index (κ2) is 2.90. The molecule has 3 atom stereocenters. The summed E-state index contributed by atoms with van der Waals surface area (Å²) in [5.74, 6) is 3.21. The molecule has 3 unspecified atom stereocenters. The maximum Gasteiger partial charge on any atom is 0.0250 e. The van der Waals surface area contributed by atoms with Crippen molar-refractivity contribution in [1.29, 1.82) is 0 Å². The zero-order chi connectivity index (χ0) is 8.67. The predicted molar refractivity (Wildman–Crippen MR) is 53.4 cm³/mol. The van der Waals surface area contributed by atoms with Crippen molar-refractivity contribution < 1.29 is 0 Å². The van der Waals surface area contributed by atoms with Gasteiger partial charge in [0.05, 0.1) is 0 Å². The summed E-state index contributed by atoms with van der Waals surface area (Å²) in [5.41, 5.74) is 0. The zero-order valence-corrected chi connectivity index (χ0v) is 8.02. The van der Waals surface area contributed by atoms with Crippen LogP contribution in [0.5, 0.6) is 0 Å². The van der Waals surface area contributed by atoms with Crippen molar-refractivity contribution in [2.45, 2.75) is 32.2 Å². The Hall–Kier alpha value is -0.720. The predicted octanol–water partition coefficient (Wildman–Crippen LogP) is 2.92. The van der Waals surface area contributed by atoms with Crippen LogP contribution in [0.4, 0.5) is 0 Å². The highest BCUT2D eigenvalue weighted by Crippen LogP contribution is 2.53. The number of fused-ring (bicyclic) bond motifs is 1. The van der Waals surface area contributed by atoms with E-state index in [-0.39, 0.29) is 0 Å². The summed E-state index contributed by atoms with van der Waals surface area (Å²) in [5, 5.41) is 0. The molecule has 70 valence electrons. The Morgan fingerprint density at radius 2 is 2.00 bits per heavy atom. The van der Waals surface area contributed by atoms with Gasteiger partial charge in [-0.3, -0.25) is 0 Å². The Bertz CT molecular complexity index is 275. The summed E-state index contributed by atoms with van der Waals surface area (Å²) in [6, 6.07) is 4.26. The van der Waals surface area contributed by atoms with E-state index in [1.54, 1.807) is 0 Å². The fraction of sp³-hybridized carbons (Fsp3) is 0.667. The van der Waals surface area contributed by atoms with Crippen molar-refractivity contribution in [3.63, 3.8) is 0 Å². The van der Waals surface area contributed by atoms with Crippen LogP contribution >= 0.6 is 0 Å². The van der Waals surface area contributed by atoms with Gasteiger partial charge in [0.1, 0.15) is 0 Å². The quantitative estimate of drug-likeness (QED) is 0.651. The van der Waals surface area contributed by atoms with Crippen molar-refractivity contribution in [3.8, 4) is 0 Å². The minimum absolute atomic E-state index is 0.992. The van der Waals surface area contributed by atoms with Crippen LogP contribution in [0.1, 0.15) is 25.7 Å². The van der Waals surface area contributed by atoms with E-state index in [0.29, 0.717) is 0 Å². The lowest BCUT2D eigenvalue weighted by molar-refractivity contribution is 0.299. The molecule has 1 aromatic heterocycles. The molecule has 3 rings (SSSR count). The Kier molecular flexibility index (Phi) is 1.71. The summed E-state index contributed by atoms with van der Waals surface area (Å²) in [6.07, 6.45) is 10.4. The van der Waals surface area contributed by atoms with E-state index in [1.165, 1.54) is 32.2 Å². The molecular formula is C12H17N. The van der Waals surface area contributed by atoms with E-state index in [1.807, 2.05) is 0 Å². The van der Waals surface area contributed by atoms with Crippen molar-refractivity contribution in [1.82, 2.24) is 4.57 Å². The van der Waals surface area contributed by atoms with Gasteiger partial charge in [-0.15, -0.1) is 0 Å². The summed E-state index contributed by atoms with van der Waals surface area (Å²) < 4.78 is 2.35. The van der Waals surface area contributed by atoms with Gasteiger partial charge in [-0.25, -0.2) is 0 Å². The highest BCUT2D eigenvalue weighted by atomic mass is 14.9. The highest BCUT2D eigenvalue weighted by molar-refractivity contribution is 4.97. The Balaban J connectivity index is 1.66. The van der Waals surface area contributed by atoms with Gasteiger partial charge in [-0.05, 0) is 42.7 Å². The van der Waals surface area contributed by atoms with Crippen LogP contribution in [-0.4, -0.2) is 4.57 Å². The van der Waals surface area contributed by atoms with Crippen LogP contribution in [0.3, 0.4) is 0 Å². The van der Waals surface area contributed by atoms with Crippen molar-refractivity contribution in [2.24, 2.45) is 17.8 Å². The molecule has 13 heavy (non-hydrogen) atoms. The molecule has 0 saturated heterocycles. The maximum atomic E-state index is 2.35. The van der Waals surface area contributed by atoms with Gasteiger partial charge in [0.15, 0.2) is 0 Å². The van der Waals surface area contributed by atoms with Gasteiger partial charge in [-0.2, -0.15) is 0 Å². The topological polar surface area (TPSA) is 4.93 Å². The molecule has 0 spiro atoms. The summed E-state index contributed by atoms with van der Waals surface area (Å²) in [7, 11) is 0. The third-order valence-corrected chi connectivity index (χ3v) is 3.84. The van der Waals surface area contributed by atoms with Crippen molar-refractivity contribution in [3.05, 3.63) is 24.5 Å². The Morgan fingerprint density at radius 3 is 2.85 bits per heavy atom. The fourth-order valence-electron chi connectivity index (χ4n) is 3.03. The monoisotopic (exact) mass is 175 g/mol. The third kappa shape index (κ3) is 1.41. The van der Waals surface area contributed by atoms with Crippen LogP contribution in [0.2, 0.25) is 0 Å². The summed E-state index contributed by atoms with van der Waals surface area (Å²) in [4.78, 5) is 0. The molecule has 0 aromatic carbocycles. The molecule has 2 aliphatic carbocycles. The number of hydrogen-bond donors (Lipinski definition) is 0. The van der Waals surface area contributed by atoms with E-state index in [0.717, 1.165) is 17.8 Å². The van der Waals surface area contributed by atoms with E-state index in [2.05, 4.69) is 29.1 Å². The smallest absolute Gasteiger partial charge is 0.0250 e. The van der Waals surface area contributed by atoms with Crippen LogP contribution in [0, 0.1) is 17.8 Å². The Morgan fingerprint density at radius 1 is 1.15 bits per heavy atom. The number of aromatic nitrogens is 1. The molecular weight excluding hydrogens is 158 g/mol. The van der Waals surface area contributed by atoms with Gasteiger partial charge >= 0.3 is 0 Å². The third-order valence-electron chi connectivity index (χ3n) is 3.84. The van der Waals surface area contributed by atoms with Crippen LogP contribution in [-0.2, 0) is 6.54 Å². The average molecular weight is 175 g/mol. The lowest BCUT2D eigenvalue weighted by atomic mass is 9.89. The van der Waals surface area contributed by atoms with Gasteiger partial charge < -0.3 is 4.57 Å². The second-order valence-corrected chi connectivity index (χ2v) is 4.73. The van der Waals surface area contributed by atoms with Gasteiger partial charge in [0.25, 0.3) is 0 Å². The molecule has 1 nitrogen and oxygen atoms in total. The lowest BCUT2D eigenvalue weighted by Crippen LogP contribution is -2.15. The molecule has 1 heteroatoms. The molecule has 2 aliphatic rings. The fourth-order valence-corrected chi connectivity index (χ4v) is 3.03. The largest absolute Gasteiger partial charge is 0.354 e. The SMILES string of the molecule is c1ccn(CC2CCCC3CC32)c1. The molecule has 2 fully saturated rings. The minimum atomic E-state index is 0.992. The normalized spacial score (nSPS) is 37.1. The van der Waals surface area contributed by atoms with E-state index >= 15 is 0 Å². The van der Waals surface area contributed by atoms with Gasteiger partial charge in [0.2, 0.25) is 0 Å². The maximum absolute atomic E-state index is 2.35. The molecule has 1 aromatic rings. The molecule has 1 heterocycles. The first-order valence-electron chi connectivity index (χ1n) is 5.54.